The molecule has 0 spiro atoms. The van der Waals surface area contributed by atoms with Crippen molar-refractivity contribution in [3.05, 3.63) is 48.6 Å². The quantitative estimate of drug-likeness (QED) is 0.376. The molecule has 0 fully saturated rings. The van der Waals surface area contributed by atoms with Crippen LogP contribution in [0.1, 0.15) is 46.0 Å². The first kappa shape index (κ1) is 14.0. The number of allylic oxidation sites excluding steroid dienone is 8. The number of unbranched alkanes of at least 4 members (excludes halogenated alkanes) is 3. The molecule has 0 bridgehead atoms. The van der Waals surface area contributed by atoms with E-state index < -0.39 is 0 Å². The Kier molecular flexibility index (Phi) is 12.1. The Morgan fingerprint density at radius 1 is 0.667 bits per heavy atom. The van der Waals surface area contributed by atoms with Crippen molar-refractivity contribution in [2.24, 2.45) is 0 Å². The third-order valence-electron chi connectivity index (χ3n) is 2.04. The maximum absolute atomic E-state index is 2.24. The zero-order valence-corrected chi connectivity index (χ0v) is 10.2. The summed E-state index contributed by atoms with van der Waals surface area (Å²) < 4.78 is 0. The van der Waals surface area contributed by atoms with Crippen LogP contribution in [0.25, 0.3) is 0 Å². The van der Waals surface area contributed by atoms with Crippen molar-refractivity contribution in [2.45, 2.75) is 46.0 Å². The first-order valence-electron chi connectivity index (χ1n) is 6.06. The number of rotatable bonds is 8. The van der Waals surface area contributed by atoms with E-state index >= 15 is 0 Å². The van der Waals surface area contributed by atoms with Gasteiger partial charge in [-0.15, -0.1) is 0 Å². The summed E-state index contributed by atoms with van der Waals surface area (Å²) in [4.78, 5) is 0. The van der Waals surface area contributed by atoms with Gasteiger partial charge in [0.05, 0.1) is 0 Å². The van der Waals surface area contributed by atoms with E-state index in [0.717, 1.165) is 6.42 Å². The van der Waals surface area contributed by atoms with E-state index in [0.29, 0.717) is 0 Å². The predicted octanol–water partition coefficient (Wildman–Crippen LogP) is 5.20. The van der Waals surface area contributed by atoms with Gasteiger partial charge in [-0.3, -0.25) is 0 Å². The van der Waals surface area contributed by atoms with Crippen LogP contribution in [0.3, 0.4) is 0 Å². The second-order valence-electron chi connectivity index (χ2n) is 3.53. The molecule has 0 amide bonds. The Morgan fingerprint density at radius 3 is 1.87 bits per heavy atom. The Morgan fingerprint density at radius 2 is 1.27 bits per heavy atom. The fourth-order valence-electron chi connectivity index (χ4n) is 1.16. The van der Waals surface area contributed by atoms with Crippen molar-refractivity contribution in [3.8, 4) is 0 Å². The molecule has 0 saturated heterocycles. The summed E-state index contributed by atoms with van der Waals surface area (Å²) in [5.74, 6) is 0. The molecule has 0 aromatic heterocycles. The van der Waals surface area contributed by atoms with Gasteiger partial charge in [-0.25, -0.2) is 0 Å². The van der Waals surface area contributed by atoms with Crippen molar-refractivity contribution >= 4 is 0 Å². The first-order chi connectivity index (χ1) is 7.41. The van der Waals surface area contributed by atoms with Gasteiger partial charge in [0.2, 0.25) is 0 Å². The minimum atomic E-state index is 1.10. The highest BCUT2D eigenvalue weighted by Crippen LogP contribution is 1.99. The van der Waals surface area contributed by atoms with Crippen LogP contribution in [0.5, 0.6) is 0 Å². The van der Waals surface area contributed by atoms with Crippen LogP contribution in [0.4, 0.5) is 0 Å². The van der Waals surface area contributed by atoms with Crippen molar-refractivity contribution in [2.75, 3.05) is 0 Å². The first-order valence-corrected chi connectivity index (χ1v) is 6.06. The number of hydrogen-bond acceptors (Lipinski definition) is 0. The average Bonchev–Trinajstić information content (AvgIpc) is 2.26. The summed E-state index contributed by atoms with van der Waals surface area (Å²) in [5.41, 5.74) is 0. The fourth-order valence-corrected chi connectivity index (χ4v) is 1.16. The molecular weight excluding hydrogens is 180 g/mol. The molecule has 0 aliphatic carbocycles. The third kappa shape index (κ3) is 13.0. The molecule has 0 rings (SSSR count). The minimum absolute atomic E-state index is 1.10. The summed E-state index contributed by atoms with van der Waals surface area (Å²) in [5, 5.41) is 0. The summed E-state index contributed by atoms with van der Waals surface area (Å²) >= 11 is 0. The van der Waals surface area contributed by atoms with E-state index in [4.69, 9.17) is 0 Å². The Balaban J connectivity index is 3.44. The van der Waals surface area contributed by atoms with Crippen molar-refractivity contribution in [3.63, 3.8) is 0 Å². The third-order valence-corrected chi connectivity index (χ3v) is 2.04. The Bertz CT molecular complexity index is 216. The summed E-state index contributed by atoms with van der Waals surface area (Å²) in [6, 6.07) is 0. The molecule has 0 aliphatic heterocycles. The zero-order chi connectivity index (χ0) is 11.2. The molecule has 0 nitrogen and oxygen atoms in total. The van der Waals surface area contributed by atoms with Gasteiger partial charge in [-0.2, -0.15) is 0 Å². The highest BCUT2D eigenvalue weighted by atomic mass is 13.9. The second-order valence-corrected chi connectivity index (χ2v) is 3.53. The average molecular weight is 204 g/mol. The lowest BCUT2D eigenvalue weighted by Crippen LogP contribution is -1.69. The van der Waals surface area contributed by atoms with Gasteiger partial charge in [-0.1, -0.05) is 75.3 Å². The largest absolute Gasteiger partial charge is 0.0848 e. The molecule has 0 aromatic rings. The van der Waals surface area contributed by atoms with Crippen molar-refractivity contribution in [1.29, 1.82) is 0 Å². The molecule has 0 saturated carbocycles. The predicted molar refractivity (Wildman–Crippen MR) is 71.0 cm³/mol. The maximum atomic E-state index is 2.24. The van der Waals surface area contributed by atoms with E-state index in [1.54, 1.807) is 0 Å². The topological polar surface area (TPSA) is 0 Å². The zero-order valence-electron chi connectivity index (χ0n) is 10.2. The lowest BCUT2D eigenvalue weighted by Gasteiger charge is -1.89. The van der Waals surface area contributed by atoms with Gasteiger partial charge in [0.1, 0.15) is 0 Å². The molecule has 84 valence electrons. The van der Waals surface area contributed by atoms with Gasteiger partial charge in [0, 0.05) is 0 Å². The summed E-state index contributed by atoms with van der Waals surface area (Å²) in [6.07, 6.45) is 23.1. The van der Waals surface area contributed by atoms with Gasteiger partial charge in [0.15, 0.2) is 0 Å². The lowest BCUT2D eigenvalue weighted by atomic mass is 10.2. The van der Waals surface area contributed by atoms with Crippen LogP contribution in [0, 0.1) is 0 Å². The molecule has 0 heteroatoms. The highest BCUT2D eigenvalue weighted by molar-refractivity contribution is 5.15. The molecule has 15 heavy (non-hydrogen) atoms. The molecule has 0 aliphatic rings. The van der Waals surface area contributed by atoms with E-state index in [1.165, 1.54) is 25.7 Å². The van der Waals surface area contributed by atoms with E-state index in [-0.39, 0.29) is 0 Å². The van der Waals surface area contributed by atoms with Crippen LogP contribution in [-0.4, -0.2) is 0 Å². The van der Waals surface area contributed by atoms with Gasteiger partial charge in [-0.05, 0) is 19.3 Å². The fraction of sp³-hybridized carbons (Fsp3) is 0.467. The van der Waals surface area contributed by atoms with E-state index in [2.05, 4.69) is 62.5 Å². The normalized spacial score (nSPS) is 12.9. The standard InChI is InChI=1S/C15H24/c1-3-5-7-9-11-13-15-14-12-10-8-6-4-2/h5,7,9,11-15H,3-4,6,8,10H2,1-2H3/b7-5+,11-9+,14-12+,15-13+. The molecule has 0 aromatic carbocycles. The highest BCUT2D eigenvalue weighted by Gasteiger charge is 1.79. The molecule has 0 atom stereocenters. The van der Waals surface area contributed by atoms with Crippen LogP contribution < -0.4 is 0 Å². The van der Waals surface area contributed by atoms with Crippen LogP contribution in [-0.2, 0) is 0 Å². The maximum Gasteiger partial charge on any atom is -0.0348 e. The van der Waals surface area contributed by atoms with E-state index in [9.17, 15) is 0 Å². The van der Waals surface area contributed by atoms with Crippen molar-refractivity contribution < 1.29 is 0 Å². The Labute approximate surface area is 95.1 Å². The summed E-state index contributed by atoms with van der Waals surface area (Å²) in [6.45, 7) is 4.37. The van der Waals surface area contributed by atoms with Crippen LogP contribution in [0.2, 0.25) is 0 Å². The van der Waals surface area contributed by atoms with Crippen LogP contribution >= 0.6 is 0 Å². The second kappa shape index (κ2) is 13.0. The van der Waals surface area contributed by atoms with Crippen LogP contribution in [0.15, 0.2) is 48.6 Å². The molecule has 0 heterocycles. The lowest BCUT2D eigenvalue weighted by molar-refractivity contribution is 0.729. The molecule has 0 radical (unpaired) electrons. The SMILES string of the molecule is CC/C=C/C=C/C=C/C=C/CCCCC. The number of hydrogen-bond donors (Lipinski definition) is 0. The van der Waals surface area contributed by atoms with E-state index in [1.807, 2.05) is 0 Å². The monoisotopic (exact) mass is 204 g/mol. The Hall–Kier alpha value is -1.04. The smallest absolute Gasteiger partial charge is 0.0348 e. The summed E-state index contributed by atoms with van der Waals surface area (Å²) in [7, 11) is 0. The van der Waals surface area contributed by atoms with Gasteiger partial charge in [0.25, 0.3) is 0 Å². The van der Waals surface area contributed by atoms with Gasteiger partial charge < -0.3 is 0 Å². The molecule has 0 unspecified atom stereocenters. The molecule has 0 N–H and O–H groups in total. The minimum Gasteiger partial charge on any atom is -0.0848 e. The van der Waals surface area contributed by atoms with Crippen molar-refractivity contribution in [1.82, 2.24) is 0 Å². The van der Waals surface area contributed by atoms with Gasteiger partial charge >= 0.3 is 0 Å². The molecular formula is C15H24.